The predicted molar refractivity (Wildman–Crippen MR) is 69.8 cm³/mol. The van der Waals surface area contributed by atoms with E-state index in [-0.39, 0.29) is 0 Å². The minimum atomic E-state index is 0.322. The molecule has 4 nitrogen and oxygen atoms in total. The molecule has 0 aromatic carbocycles. The lowest BCUT2D eigenvalue weighted by Crippen LogP contribution is -2.18. The molecule has 18 heavy (non-hydrogen) atoms. The minimum absolute atomic E-state index is 0.322. The highest BCUT2D eigenvalue weighted by Crippen LogP contribution is 2.13. The number of ether oxygens (including phenoxy) is 2. The molecule has 0 spiro atoms. The van der Waals surface area contributed by atoms with Crippen molar-refractivity contribution in [1.29, 1.82) is 0 Å². The molecule has 1 atom stereocenters. The molecule has 1 aliphatic rings. The summed E-state index contributed by atoms with van der Waals surface area (Å²) in [4.78, 5) is 0. The summed E-state index contributed by atoms with van der Waals surface area (Å²) >= 11 is 5.68. The third-order valence-electron chi connectivity index (χ3n) is 2.90. The second-order valence-electron chi connectivity index (χ2n) is 4.45. The monoisotopic (exact) mass is 273 g/mol. The molecular formula is C13H20ClNO3. The minimum Gasteiger partial charge on any atom is -0.448 e. The summed E-state index contributed by atoms with van der Waals surface area (Å²) in [6.45, 7) is 4.00. The maximum Gasteiger partial charge on any atom is 0.193 e. The molecule has 0 amide bonds. The van der Waals surface area contributed by atoms with Gasteiger partial charge >= 0.3 is 0 Å². The van der Waals surface area contributed by atoms with E-state index < -0.39 is 0 Å². The van der Waals surface area contributed by atoms with E-state index in [2.05, 4.69) is 5.32 Å². The molecule has 0 saturated carbocycles. The lowest BCUT2D eigenvalue weighted by atomic mass is 10.2. The fourth-order valence-corrected chi connectivity index (χ4v) is 2.11. The van der Waals surface area contributed by atoms with Crippen LogP contribution in [0.15, 0.2) is 16.5 Å². The Labute approximate surface area is 113 Å². The van der Waals surface area contributed by atoms with E-state index in [4.69, 9.17) is 25.5 Å². The highest BCUT2D eigenvalue weighted by molar-refractivity contribution is 6.28. The topological polar surface area (TPSA) is 43.6 Å². The molecule has 1 aliphatic heterocycles. The molecule has 2 rings (SSSR count). The van der Waals surface area contributed by atoms with Gasteiger partial charge in [-0.1, -0.05) is 0 Å². The Morgan fingerprint density at radius 1 is 1.44 bits per heavy atom. The third-order valence-corrected chi connectivity index (χ3v) is 3.10. The number of halogens is 1. The van der Waals surface area contributed by atoms with E-state index in [0.29, 0.717) is 17.9 Å². The van der Waals surface area contributed by atoms with Crippen LogP contribution in [0.2, 0.25) is 5.22 Å². The van der Waals surface area contributed by atoms with Gasteiger partial charge in [-0.25, -0.2) is 0 Å². The fraction of sp³-hybridized carbons (Fsp3) is 0.692. The number of rotatable bonds is 8. The molecule has 1 saturated heterocycles. The lowest BCUT2D eigenvalue weighted by molar-refractivity contribution is 0.0166. The van der Waals surface area contributed by atoms with E-state index in [0.717, 1.165) is 45.0 Å². The van der Waals surface area contributed by atoms with Crippen molar-refractivity contribution in [2.45, 2.75) is 31.9 Å². The Hall–Kier alpha value is -0.550. The van der Waals surface area contributed by atoms with Crippen LogP contribution in [-0.2, 0) is 16.0 Å². The Morgan fingerprint density at radius 3 is 3.11 bits per heavy atom. The van der Waals surface area contributed by atoms with E-state index in [1.807, 2.05) is 6.07 Å². The van der Waals surface area contributed by atoms with E-state index >= 15 is 0 Å². The SMILES string of the molecule is Clc1ccc(CNCCCOCC2CCCO2)o1. The average molecular weight is 274 g/mol. The third kappa shape index (κ3) is 4.98. The molecule has 1 unspecified atom stereocenters. The highest BCUT2D eigenvalue weighted by Gasteiger charge is 2.14. The summed E-state index contributed by atoms with van der Waals surface area (Å²) in [5, 5.41) is 3.72. The molecule has 5 heteroatoms. The average Bonchev–Trinajstić information content (AvgIpc) is 3.00. The molecule has 1 fully saturated rings. The van der Waals surface area contributed by atoms with Gasteiger partial charge in [-0.2, -0.15) is 0 Å². The first-order valence-electron chi connectivity index (χ1n) is 6.49. The van der Waals surface area contributed by atoms with Gasteiger partial charge in [-0.15, -0.1) is 0 Å². The smallest absolute Gasteiger partial charge is 0.193 e. The summed E-state index contributed by atoms with van der Waals surface area (Å²) in [5.74, 6) is 0.861. The first-order valence-corrected chi connectivity index (χ1v) is 6.86. The summed E-state index contributed by atoms with van der Waals surface area (Å²) in [6, 6.07) is 3.63. The Bertz CT molecular complexity index is 337. The maximum absolute atomic E-state index is 5.68. The number of furan rings is 1. The fourth-order valence-electron chi connectivity index (χ4n) is 1.95. The number of hydrogen-bond acceptors (Lipinski definition) is 4. The van der Waals surface area contributed by atoms with Crippen molar-refractivity contribution < 1.29 is 13.9 Å². The lowest BCUT2D eigenvalue weighted by Gasteiger charge is -2.09. The van der Waals surface area contributed by atoms with Crippen LogP contribution in [0.5, 0.6) is 0 Å². The second-order valence-corrected chi connectivity index (χ2v) is 4.82. The normalized spacial score (nSPS) is 19.5. The Kier molecular flexibility index (Phi) is 6.00. The quantitative estimate of drug-likeness (QED) is 0.740. The Morgan fingerprint density at radius 2 is 2.39 bits per heavy atom. The van der Waals surface area contributed by atoms with E-state index in [1.165, 1.54) is 6.42 Å². The van der Waals surface area contributed by atoms with Gasteiger partial charge in [0.05, 0.1) is 19.3 Å². The van der Waals surface area contributed by atoms with Gasteiger partial charge in [0.25, 0.3) is 0 Å². The van der Waals surface area contributed by atoms with Crippen LogP contribution in [0.25, 0.3) is 0 Å². The second kappa shape index (κ2) is 7.79. The number of hydrogen-bond donors (Lipinski definition) is 1. The van der Waals surface area contributed by atoms with Gasteiger partial charge < -0.3 is 19.2 Å². The van der Waals surface area contributed by atoms with Crippen molar-refractivity contribution in [2.75, 3.05) is 26.4 Å². The summed E-state index contributed by atoms with van der Waals surface area (Å²) < 4.78 is 16.3. The van der Waals surface area contributed by atoms with Crippen molar-refractivity contribution >= 4 is 11.6 Å². The molecule has 1 aromatic heterocycles. The zero-order chi connectivity index (χ0) is 12.6. The van der Waals surface area contributed by atoms with Gasteiger partial charge in [-0.05, 0) is 49.5 Å². The summed E-state index contributed by atoms with van der Waals surface area (Å²) in [7, 11) is 0. The highest BCUT2D eigenvalue weighted by atomic mass is 35.5. The first kappa shape index (κ1) is 13.9. The molecule has 0 bridgehead atoms. The largest absolute Gasteiger partial charge is 0.448 e. The molecular weight excluding hydrogens is 254 g/mol. The molecule has 102 valence electrons. The summed E-state index contributed by atoms with van der Waals surface area (Å²) in [6.07, 6.45) is 3.61. The maximum atomic E-state index is 5.68. The predicted octanol–water partition coefficient (Wildman–Crippen LogP) is 2.61. The molecule has 1 N–H and O–H groups in total. The van der Waals surface area contributed by atoms with Crippen LogP contribution >= 0.6 is 11.6 Å². The van der Waals surface area contributed by atoms with Crippen molar-refractivity contribution in [3.63, 3.8) is 0 Å². The van der Waals surface area contributed by atoms with Gasteiger partial charge in [0.15, 0.2) is 5.22 Å². The van der Waals surface area contributed by atoms with Crippen LogP contribution in [0.1, 0.15) is 25.0 Å². The van der Waals surface area contributed by atoms with Crippen molar-refractivity contribution in [1.82, 2.24) is 5.32 Å². The molecule has 0 aliphatic carbocycles. The van der Waals surface area contributed by atoms with Crippen LogP contribution < -0.4 is 5.32 Å². The van der Waals surface area contributed by atoms with Crippen molar-refractivity contribution in [3.05, 3.63) is 23.1 Å². The molecule has 0 radical (unpaired) electrons. The van der Waals surface area contributed by atoms with Crippen LogP contribution in [0, 0.1) is 0 Å². The van der Waals surface area contributed by atoms with Crippen LogP contribution in [-0.4, -0.2) is 32.5 Å². The van der Waals surface area contributed by atoms with Gasteiger partial charge in [-0.3, -0.25) is 0 Å². The van der Waals surface area contributed by atoms with Crippen molar-refractivity contribution in [3.8, 4) is 0 Å². The molecule has 1 aromatic rings. The standard InChI is InChI=1S/C13H20ClNO3/c14-13-5-4-11(18-13)9-15-6-2-7-16-10-12-3-1-8-17-12/h4-5,12,15H,1-3,6-10H2. The summed E-state index contributed by atoms with van der Waals surface area (Å²) in [5.41, 5.74) is 0. The Balaban J connectivity index is 1.41. The van der Waals surface area contributed by atoms with Crippen LogP contribution in [0.3, 0.4) is 0 Å². The zero-order valence-corrected chi connectivity index (χ0v) is 11.2. The van der Waals surface area contributed by atoms with Crippen molar-refractivity contribution in [2.24, 2.45) is 0 Å². The van der Waals surface area contributed by atoms with Gasteiger partial charge in [0.1, 0.15) is 5.76 Å². The zero-order valence-electron chi connectivity index (χ0n) is 10.5. The van der Waals surface area contributed by atoms with Crippen LogP contribution in [0.4, 0.5) is 0 Å². The van der Waals surface area contributed by atoms with E-state index in [9.17, 15) is 0 Å². The first-order chi connectivity index (χ1) is 8.84. The van der Waals surface area contributed by atoms with E-state index in [1.54, 1.807) is 6.07 Å². The molecule has 2 heterocycles. The van der Waals surface area contributed by atoms with Gasteiger partial charge in [0.2, 0.25) is 0 Å². The van der Waals surface area contributed by atoms with Gasteiger partial charge in [0, 0.05) is 13.2 Å². The number of nitrogens with one attached hydrogen (secondary N) is 1.